The molecule has 3 rings (SSSR count). The summed E-state index contributed by atoms with van der Waals surface area (Å²) in [4.78, 5) is 10.6. The zero-order chi connectivity index (χ0) is 16.2. The number of aliphatic hydroxyl groups excluding tert-OH is 1. The molecule has 0 saturated carbocycles. The number of hydrogen-bond donors (Lipinski definition) is 1. The van der Waals surface area contributed by atoms with E-state index in [1.807, 2.05) is 6.20 Å². The van der Waals surface area contributed by atoms with Crippen LogP contribution in [0.2, 0.25) is 0 Å². The molecule has 2 aromatic rings. The third-order valence-electron chi connectivity index (χ3n) is 4.68. The molecule has 0 aliphatic carbocycles. The third kappa shape index (κ3) is 3.76. The zero-order valence-electron chi connectivity index (χ0n) is 13.8. The maximum atomic E-state index is 9.72. The summed E-state index contributed by atoms with van der Waals surface area (Å²) in [5.74, 6) is 0.807. The lowest BCUT2D eigenvalue weighted by Crippen LogP contribution is -2.21. The van der Waals surface area contributed by atoms with Crippen molar-refractivity contribution in [1.29, 1.82) is 0 Å². The lowest BCUT2D eigenvalue weighted by molar-refractivity contribution is 0.214. The molecule has 6 heteroatoms. The fourth-order valence-corrected chi connectivity index (χ4v) is 5.17. The summed E-state index contributed by atoms with van der Waals surface area (Å²) in [6.07, 6.45) is 2.02. The second kappa shape index (κ2) is 7.75. The van der Waals surface area contributed by atoms with Crippen molar-refractivity contribution in [2.75, 3.05) is 37.7 Å². The molecule has 1 N–H and O–H groups in total. The average Bonchev–Trinajstić information content (AvgIpc) is 3.28. The van der Waals surface area contributed by atoms with Crippen LogP contribution < -0.4 is 4.90 Å². The van der Waals surface area contributed by atoms with Crippen LogP contribution in [0.25, 0.3) is 0 Å². The average molecular weight is 352 g/mol. The topological polar surface area (TPSA) is 39.6 Å². The van der Waals surface area contributed by atoms with Gasteiger partial charge in [0.15, 0.2) is 5.13 Å². The minimum absolute atomic E-state index is 0.268. The SMILES string of the molecule is CCN(CC)c1ncc(CN2C[C@@H](CO)[C@H](c3ccsc3)C2)s1. The zero-order valence-corrected chi connectivity index (χ0v) is 15.4. The smallest absolute Gasteiger partial charge is 0.185 e. The normalized spacial score (nSPS) is 21.9. The van der Waals surface area contributed by atoms with Gasteiger partial charge in [-0.1, -0.05) is 0 Å². The van der Waals surface area contributed by atoms with Gasteiger partial charge in [0.2, 0.25) is 0 Å². The highest BCUT2D eigenvalue weighted by atomic mass is 32.1. The van der Waals surface area contributed by atoms with E-state index in [1.54, 1.807) is 22.7 Å². The first kappa shape index (κ1) is 16.9. The number of likely N-dealkylation sites (tertiary alicyclic amines) is 1. The van der Waals surface area contributed by atoms with E-state index in [9.17, 15) is 5.11 Å². The Bertz CT molecular complexity index is 595. The van der Waals surface area contributed by atoms with Crippen LogP contribution in [0.4, 0.5) is 5.13 Å². The standard InChI is InChI=1S/C17H25N3OS2/c1-3-20(4-2)17-18-7-15(23-17)9-19-8-14(11-21)16(10-19)13-5-6-22-12-13/h5-7,12,14,16,21H,3-4,8-11H2,1-2H3/t14-,16-/m0/s1. The van der Waals surface area contributed by atoms with Gasteiger partial charge in [-0.15, -0.1) is 11.3 Å². The van der Waals surface area contributed by atoms with Crippen molar-refractivity contribution in [3.63, 3.8) is 0 Å². The van der Waals surface area contributed by atoms with Crippen molar-refractivity contribution < 1.29 is 5.11 Å². The van der Waals surface area contributed by atoms with Crippen LogP contribution in [0.1, 0.15) is 30.2 Å². The molecular weight excluding hydrogens is 326 g/mol. The van der Waals surface area contributed by atoms with E-state index >= 15 is 0 Å². The van der Waals surface area contributed by atoms with Gasteiger partial charge in [-0.3, -0.25) is 4.90 Å². The van der Waals surface area contributed by atoms with Gasteiger partial charge in [-0.05, 0) is 36.2 Å². The summed E-state index contributed by atoms with van der Waals surface area (Å²) in [5.41, 5.74) is 1.38. The quantitative estimate of drug-likeness (QED) is 0.831. The Kier molecular flexibility index (Phi) is 5.69. The van der Waals surface area contributed by atoms with Crippen molar-refractivity contribution in [3.8, 4) is 0 Å². The first-order valence-corrected chi connectivity index (χ1v) is 10.1. The molecule has 1 aliphatic rings. The van der Waals surface area contributed by atoms with Crippen LogP contribution in [-0.4, -0.2) is 47.8 Å². The Balaban J connectivity index is 1.65. The van der Waals surface area contributed by atoms with Gasteiger partial charge in [0.25, 0.3) is 0 Å². The van der Waals surface area contributed by atoms with Crippen LogP contribution in [-0.2, 0) is 6.54 Å². The molecule has 126 valence electrons. The monoisotopic (exact) mass is 351 g/mol. The summed E-state index contributed by atoms with van der Waals surface area (Å²) >= 11 is 3.54. The molecule has 3 heterocycles. The van der Waals surface area contributed by atoms with E-state index in [2.05, 4.69) is 45.5 Å². The van der Waals surface area contributed by atoms with E-state index in [-0.39, 0.29) is 6.61 Å². The van der Waals surface area contributed by atoms with Crippen LogP contribution in [0, 0.1) is 5.92 Å². The van der Waals surface area contributed by atoms with E-state index in [4.69, 9.17) is 0 Å². The largest absolute Gasteiger partial charge is 0.396 e. The van der Waals surface area contributed by atoms with Crippen LogP contribution >= 0.6 is 22.7 Å². The molecule has 0 bridgehead atoms. The molecule has 2 atom stereocenters. The summed E-state index contributed by atoms with van der Waals surface area (Å²) in [6, 6.07) is 2.20. The van der Waals surface area contributed by atoms with E-state index in [0.29, 0.717) is 11.8 Å². The van der Waals surface area contributed by atoms with E-state index < -0.39 is 0 Å². The lowest BCUT2D eigenvalue weighted by Gasteiger charge is -2.17. The molecular formula is C17H25N3OS2. The second-order valence-corrected chi connectivity index (χ2v) is 7.96. The molecule has 1 saturated heterocycles. The molecule has 4 nitrogen and oxygen atoms in total. The van der Waals surface area contributed by atoms with Crippen molar-refractivity contribution in [2.24, 2.45) is 5.92 Å². The molecule has 2 aromatic heterocycles. The van der Waals surface area contributed by atoms with Gasteiger partial charge >= 0.3 is 0 Å². The number of thiazole rings is 1. The van der Waals surface area contributed by atoms with E-state index in [0.717, 1.165) is 37.9 Å². The van der Waals surface area contributed by atoms with E-state index in [1.165, 1.54) is 10.4 Å². The number of anilines is 1. The molecule has 0 unspecified atom stereocenters. The molecule has 1 aliphatic heterocycles. The first-order chi connectivity index (χ1) is 11.2. The molecule has 1 fully saturated rings. The maximum Gasteiger partial charge on any atom is 0.185 e. The summed E-state index contributed by atoms with van der Waals surface area (Å²) in [6.45, 7) is 9.54. The molecule has 23 heavy (non-hydrogen) atoms. The Morgan fingerprint density at radius 3 is 2.83 bits per heavy atom. The van der Waals surface area contributed by atoms with Crippen LogP contribution in [0.15, 0.2) is 23.0 Å². The predicted octanol–water partition coefficient (Wildman–Crippen LogP) is 3.26. The highest BCUT2D eigenvalue weighted by Crippen LogP contribution is 2.35. The van der Waals surface area contributed by atoms with Crippen LogP contribution in [0.3, 0.4) is 0 Å². The van der Waals surface area contributed by atoms with Gasteiger partial charge in [-0.25, -0.2) is 4.98 Å². The third-order valence-corrected chi connectivity index (χ3v) is 6.42. The van der Waals surface area contributed by atoms with Crippen molar-refractivity contribution >= 4 is 27.8 Å². The highest BCUT2D eigenvalue weighted by molar-refractivity contribution is 7.15. The van der Waals surface area contributed by atoms with Crippen molar-refractivity contribution in [1.82, 2.24) is 9.88 Å². The number of aromatic nitrogens is 1. The Morgan fingerprint density at radius 2 is 2.17 bits per heavy atom. The number of nitrogens with zero attached hydrogens (tertiary/aromatic N) is 3. The second-order valence-electron chi connectivity index (χ2n) is 6.08. The van der Waals surface area contributed by atoms with Crippen molar-refractivity contribution in [2.45, 2.75) is 26.3 Å². The number of rotatable bonds is 7. The van der Waals surface area contributed by atoms with Gasteiger partial charge in [0.1, 0.15) is 0 Å². The molecule has 0 aromatic carbocycles. The minimum Gasteiger partial charge on any atom is -0.396 e. The number of thiophene rings is 1. The summed E-state index contributed by atoms with van der Waals surface area (Å²) in [7, 11) is 0. The number of hydrogen-bond acceptors (Lipinski definition) is 6. The minimum atomic E-state index is 0.268. The molecule has 0 amide bonds. The highest BCUT2D eigenvalue weighted by Gasteiger charge is 2.33. The first-order valence-electron chi connectivity index (χ1n) is 8.30. The number of aliphatic hydroxyl groups is 1. The lowest BCUT2D eigenvalue weighted by atomic mass is 9.92. The molecule has 0 radical (unpaired) electrons. The van der Waals surface area contributed by atoms with Crippen LogP contribution in [0.5, 0.6) is 0 Å². The fraction of sp³-hybridized carbons (Fsp3) is 0.588. The van der Waals surface area contributed by atoms with Gasteiger partial charge in [-0.2, -0.15) is 11.3 Å². The summed E-state index contributed by atoms with van der Waals surface area (Å²) in [5, 5.41) is 15.2. The fourth-order valence-electron chi connectivity index (χ4n) is 3.37. The molecule has 0 spiro atoms. The van der Waals surface area contributed by atoms with Gasteiger partial charge < -0.3 is 10.0 Å². The van der Waals surface area contributed by atoms with Gasteiger partial charge in [0.05, 0.1) is 0 Å². The van der Waals surface area contributed by atoms with Gasteiger partial charge in [0, 0.05) is 62.2 Å². The Morgan fingerprint density at radius 1 is 1.35 bits per heavy atom. The predicted molar refractivity (Wildman–Crippen MR) is 98.6 cm³/mol. The Hall–Kier alpha value is -0.950. The Labute approximate surface area is 146 Å². The van der Waals surface area contributed by atoms with Crippen molar-refractivity contribution in [3.05, 3.63) is 33.5 Å². The summed E-state index contributed by atoms with van der Waals surface area (Å²) < 4.78 is 0. The maximum absolute atomic E-state index is 9.72.